The Morgan fingerprint density at radius 1 is 1.11 bits per heavy atom. The minimum atomic E-state index is -0.670. The average molecular weight is 366 g/mol. The number of carbonyl (C=O) groups excluding carboxylic acids is 2. The lowest BCUT2D eigenvalue weighted by atomic mass is 9.96. The molecule has 1 aliphatic heterocycles. The van der Waals surface area contributed by atoms with Gasteiger partial charge in [-0.15, -0.1) is 0 Å². The summed E-state index contributed by atoms with van der Waals surface area (Å²) in [5.74, 6) is -0.772. The predicted octanol–water partition coefficient (Wildman–Crippen LogP) is 3.31. The van der Waals surface area contributed by atoms with Crippen molar-refractivity contribution in [1.82, 2.24) is 9.88 Å². The topological polar surface area (TPSA) is 79.7 Å². The van der Waals surface area contributed by atoms with Crippen LogP contribution >= 0.6 is 0 Å². The molecule has 1 atom stereocenters. The van der Waals surface area contributed by atoms with Crippen molar-refractivity contribution in [3.05, 3.63) is 65.5 Å². The molecule has 2 aromatic rings. The number of rotatable bonds is 6. The molecule has 1 saturated heterocycles. The molecule has 1 amide bonds. The summed E-state index contributed by atoms with van der Waals surface area (Å²) in [6.45, 7) is 4.79. The number of aliphatic hydroxyl groups excluding tert-OH is 1. The summed E-state index contributed by atoms with van der Waals surface area (Å²) in [4.78, 5) is 30.8. The fourth-order valence-corrected chi connectivity index (χ4v) is 3.28. The zero-order chi connectivity index (χ0) is 19.4. The molecule has 1 aliphatic rings. The number of aromatic nitrogens is 1. The van der Waals surface area contributed by atoms with Gasteiger partial charge in [0.2, 0.25) is 0 Å². The lowest BCUT2D eigenvalue weighted by Crippen LogP contribution is -2.30. The van der Waals surface area contributed by atoms with Crippen molar-refractivity contribution >= 4 is 17.4 Å². The highest BCUT2D eigenvalue weighted by molar-refractivity contribution is 6.46. The maximum Gasteiger partial charge on any atom is 0.295 e. The number of likely N-dealkylation sites (tertiary alicyclic amines) is 1. The Morgan fingerprint density at radius 3 is 2.37 bits per heavy atom. The SMILES string of the molecule is CCCN1C(=O)C(=O)/C(=C(\O)c2ccc(OCC)cc2)C1c1ccncc1. The molecule has 2 heterocycles. The highest BCUT2D eigenvalue weighted by Crippen LogP contribution is 2.39. The van der Waals surface area contributed by atoms with Gasteiger partial charge in [-0.05, 0) is 55.3 Å². The molecule has 0 radical (unpaired) electrons. The highest BCUT2D eigenvalue weighted by atomic mass is 16.5. The molecule has 3 rings (SSSR count). The van der Waals surface area contributed by atoms with E-state index in [1.165, 1.54) is 4.90 Å². The minimum absolute atomic E-state index is 0.101. The first-order valence-corrected chi connectivity index (χ1v) is 9.00. The quantitative estimate of drug-likeness (QED) is 0.482. The van der Waals surface area contributed by atoms with Gasteiger partial charge in [0.1, 0.15) is 11.5 Å². The van der Waals surface area contributed by atoms with Gasteiger partial charge in [-0.3, -0.25) is 14.6 Å². The lowest BCUT2D eigenvalue weighted by Gasteiger charge is -2.24. The lowest BCUT2D eigenvalue weighted by molar-refractivity contribution is -0.139. The van der Waals surface area contributed by atoms with Crippen molar-refractivity contribution in [3.63, 3.8) is 0 Å². The van der Waals surface area contributed by atoms with Crippen LogP contribution in [0, 0.1) is 0 Å². The van der Waals surface area contributed by atoms with E-state index in [1.807, 2.05) is 13.8 Å². The van der Waals surface area contributed by atoms with E-state index < -0.39 is 17.7 Å². The fraction of sp³-hybridized carbons (Fsp3) is 0.286. The van der Waals surface area contributed by atoms with E-state index in [2.05, 4.69) is 4.98 Å². The average Bonchev–Trinajstić information content (AvgIpc) is 2.94. The van der Waals surface area contributed by atoms with Gasteiger partial charge in [-0.25, -0.2) is 0 Å². The zero-order valence-corrected chi connectivity index (χ0v) is 15.4. The van der Waals surface area contributed by atoms with E-state index in [0.717, 1.165) is 5.56 Å². The Morgan fingerprint density at radius 2 is 1.78 bits per heavy atom. The smallest absolute Gasteiger partial charge is 0.295 e. The maximum atomic E-state index is 12.7. The first kappa shape index (κ1) is 18.6. The normalized spacial score (nSPS) is 18.7. The number of nitrogens with zero attached hydrogens (tertiary/aromatic N) is 2. The van der Waals surface area contributed by atoms with Gasteiger partial charge in [-0.1, -0.05) is 6.92 Å². The predicted molar refractivity (Wildman–Crippen MR) is 101 cm³/mol. The summed E-state index contributed by atoms with van der Waals surface area (Å²) in [5, 5.41) is 10.9. The van der Waals surface area contributed by atoms with Gasteiger partial charge in [-0.2, -0.15) is 0 Å². The minimum Gasteiger partial charge on any atom is -0.507 e. The van der Waals surface area contributed by atoms with E-state index in [0.29, 0.717) is 30.9 Å². The van der Waals surface area contributed by atoms with Crippen molar-refractivity contribution in [3.8, 4) is 5.75 Å². The standard InChI is InChI=1S/C21H22N2O4/c1-3-13-23-18(14-9-11-22-12-10-14)17(20(25)21(23)26)19(24)15-5-7-16(8-6-15)27-4-2/h5-12,18,24H,3-4,13H2,1-2H3/b19-17-. The number of pyridine rings is 1. The Labute approximate surface area is 158 Å². The Kier molecular flexibility index (Phi) is 5.54. The van der Waals surface area contributed by atoms with Gasteiger partial charge in [0, 0.05) is 24.5 Å². The van der Waals surface area contributed by atoms with Crippen LogP contribution in [0.25, 0.3) is 5.76 Å². The number of benzene rings is 1. The molecule has 1 aromatic carbocycles. The number of carbonyl (C=O) groups is 2. The van der Waals surface area contributed by atoms with Gasteiger partial charge >= 0.3 is 0 Å². The second-order valence-corrected chi connectivity index (χ2v) is 6.23. The monoisotopic (exact) mass is 366 g/mol. The molecule has 0 spiro atoms. The molecule has 140 valence electrons. The number of Topliss-reactive ketones (excluding diaryl/α,β-unsaturated/α-hetero) is 1. The number of hydrogen-bond acceptors (Lipinski definition) is 5. The van der Waals surface area contributed by atoms with Crippen LogP contribution in [-0.4, -0.2) is 39.8 Å². The summed E-state index contributed by atoms with van der Waals surface area (Å²) in [7, 11) is 0. The highest BCUT2D eigenvalue weighted by Gasteiger charge is 2.45. The first-order valence-electron chi connectivity index (χ1n) is 9.00. The molecule has 1 N–H and O–H groups in total. The van der Waals surface area contributed by atoms with E-state index in [4.69, 9.17) is 4.74 Å². The van der Waals surface area contributed by atoms with E-state index >= 15 is 0 Å². The van der Waals surface area contributed by atoms with E-state index in [-0.39, 0.29) is 11.3 Å². The molecular weight excluding hydrogens is 344 g/mol. The number of hydrogen-bond donors (Lipinski definition) is 1. The maximum absolute atomic E-state index is 12.7. The van der Waals surface area contributed by atoms with Crippen molar-refractivity contribution in [1.29, 1.82) is 0 Å². The molecule has 0 saturated carbocycles. The summed E-state index contributed by atoms with van der Waals surface area (Å²) in [6.07, 6.45) is 3.92. The number of amides is 1. The molecule has 27 heavy (non-hydrogen) atoms. The molecule has 1 aromatic heterocycles. The van der Waals surface area contributed by atoms with E-state index in [1.54, 1.807) is 48.8 Å². The molecule has 1 fully saturated rings. The van der Waals surface area contributed by atoms with Crippen LogP contribution in [0.15, 0.2) is 54.4 Å². The summed E-state index contributed by atoms with van der Waals surface area (Å²) in [5.41, 5.74) is 1.31. The van der Waals surface area contributed by atoms with Crippen LogP contribution in [0.5, 0.6) is 5.75 Å². The van der Waals surface area contributed by atoms with E-state index in [9.17, 15) is 14.7 Å². The van der Waals surface area contributed by atoms with Crippen LogP contribution in [-0.2, 0) is 9.59 Å². The third-order valence-corrected chi connectivity index (χ3v) is 4.47. The second-order valence-electron chi connectivity index (χ2n) is 6.23. The van der Waals surface area contributed by atoms with Crippen LogP contribution in [0.2, 0.25) is 0 Å². The van der Waals surface area contributed by atoms with Crippen molar-refractivity contribution < 1.29 is 19.4 Å². The number of ether oxygens (including phenoxy) is 1. The largest absolute Gasteiger partial charge is 0.507 e. The van der Waals surface area contributed by atoms with Crippen LogP contribution in [0.3, 0.4) is 0 Å². The van der Waals surface area contributed by atoms with Gasteiger partial charge in [0.15, 0.2) is 0 Å². The summed E-state index contributed by atoms with van der Waals surface area (Å²) < 4.78 is 5.41. The third-order valence-electron chi connectivity index (χ3n) is 4.47. The first-order chi connectivity index (χ1) is 13.1. The Hall–Kier alpha value is -3.15. The summed E-state index contributed by atoms with van der Waals surface area (Å²) in [6, 6.07) is 9.69. The van der Waals surface area contributed by atoms with Crippen LogP contribution < -0.4 is 4.74 Å². The van der Waals surface area contributed by atoms with Gasteiger partial charge in [0.25, 0.3) is 11.7 Å². The molecule has 1 unspecified atom stereocenters. The summed E-state index contributed by atoms with van der Waals surface area (Å²) >= 11 is 0. The third kappa shape index (κ3) is 3.56. The van der Waals surface area contributed by atoms with Crippen molar-refractivity contribution in [2.75, 3.05) is 13.2 Å². The van der Waals surface area contributed by atoms with Crippen molar-refractivity contribution in [2.24, 2.45) is 0 Å². The molecule has 6 heteroatoms. The Bertz CT molecular complexity index is 860. The second kappa shape index (κ2) is 8.03. The Balaban J connectivity index is 2.10. The van der Waals surface area contributed by atoms with Gasteiger partial charge in [0.05, 0.1) is 18.2 Å². The van der Waals surface area contributed by atoms with Crippen LogP contribution in [0.1, 0.15) is 37.4 Å². The molecule has 6 nitrogen and oxygen atoms in total. The zero-order valence-electron chi connectivity index (χ0n) is 15.4. The number of aliphatic hydroxyl groups is 1. The molecule has 0 bridgehead atoms. The van der Waals surface area contributed by atoms with Gasteiger partial charge < -0.3 is 14.7 Å². The van der Waals surface area contributed by atoms with Crippen LogP contribution in [0.4, 0.5) is 0 Å². The van der Waals surface area contributed by atoms with Crippen molar-refractivity contribution in [2.45, 2.75) is 26.3 Å². The number of ketones is 1. The fourth-order valence-electron chi connectivity index (χ4n) is 3.28. The molecular formula is C21H22N2O4. The molecule has 0 aliphatic carbocycles.